The minimum atomic E-state index is -0.642. The second kappa shape index (κ2) is 12.3. The number of Topliss-reactive ketones (excluding diaryl/α,β-unsaturated/α-hetero) is 1. The molecule has 43 heavy (non-hydrogen) atoms. The maximum Gasteiger partial charge on any atom is 0.239 e. The number of ketones is 1. The van der Waals surface area contributed by atoms with E-state index in [1.165, 1.54) is 0 Å². The Labute approximate surface area is 252 Å². The van der Waals surface area contributed by atoms with Crippen molar-refractivity contribution in [1.29, 1.82) is 0 Å². The number of nitrogens with one attached hydrogen (secondary N) is 2. The molecule has 5 rings (SSSR count). The molecule has 0 radical (unpaired) electrons. The van der Waals surface area contributed by atoms with E-state index in [9.17, 15) is 9.59 Å². The van der Waals surface area contributed by atoms with Crippen LogP contribution in [0.2, 0.25) is 0 Å². The highest BCUT2D eigenvalue weighted by atomic mass is 16.5. The zero-order valence-corrected chi connectivity index (χ0v) is 25.6. The van der Waals surface area contributed by atoms with Gasteiger partial charge in [-0.25, -0.2) is 0 Å². The SMILES string of the molecule is COc1ccc(CNC(=O)CN2c3ccccc3NC3=C(C(=O)CC(C)(C)C3)C2c2cc(OC)c(OC)cc2OC)cc1. The van der Waals surface area contributed by atoms with Crippen LogP contribution in [0.1, 0.15) is 43.9 Å². The number of allylic oxidation sites excluding steroid dienone is 1. The summed E-state index contributed by atoms with van der Waals surface area (Å²) in [6.45, 7) is 4.54. The molecule has 3 aromatic rings. The van der Waals surface area contributed by atoms with Gasteiger partial charge in [-0.2, -0.15) is 0 Å². The highest BCUT2D eigenvalue weighted by Crippen LogP contribution is 2.51. The van der Waals surface area contributed by atoms with E-state index in [1.54, 1.807) is 34.5 Å². The minimum Gasteiger partial charge on any atom is -0.497 e. The Morgan fingerprint density at radius 1 is 0.907 bits per heavy atom. The molecule has 2 aliphatic rings. The van der Waals surface area contributed by atoms with Crippen molar-refractivity contribution < 1.29 is 28.5 Å². The largest absolute Gasteiger partial charge is 0.497 e. The highest BCUT2D eigenvalue weighted by molar-refractivity contribution is 6.02. The first-order valence-corrected chi connectivity index (χ1v) is 14.3. The van der Waals surface area contributed by atoms with Crippen LogP contribution in [0.25, 0.3) is 0 Å². The van der Waals surface area contributed by atoms with Crippen LogP contribution in [-0.2, 0) is 16.1 Å². The van der Waals surface area contributed by atoms with Crippen LogP contribution >= 0.6 is 0 Å². The number of amides is 1. The molecule has 9 nitrogen and oxygen atoms in total. The fraction of sp³-hybridized carbons (Fsp3) is 0.353. The van der Waals surface area contributed by atoms with E-state index in [2.05, 4.69) is 24.5 Å². The quantitative estimate of drug-likeness (QED) is 0.332. The van der Waals surface area contributed by atoms with Crippen molar-refractivity contribution in [1.82, 2.24) is 5.32 Å². The molecular formula is C34H39N3O6. The Balaban J connectivity index is 1.63. The summed E-state index contributed by atoms with van der Waals surface area (Å²) in [7, 11) is 6.34. The maximum atomic E-state index is 14.1. The summed E-state index contributed by atoms with van der Waals surface area (Å²) in [4.78, 5) is 29.7. The van der Waals surface area contributed by atoms with Gasteiger partial charge in [-0.3, -0.25) is 9.59 Å². The Morgan fingerprint density at radius 2 is 1.58 bits per heavy atom. The van der Waals surface area contributed by atoms with Crippen LogP contribution in [0.15, 0.2) is 71.9 Å². The van der Waals surface area contributed by atoms with Gasteiger partial charge >= 0.3 is 0 Å². The topological polar surface area (TPSA) is 98.4 Å². The predicted molar refractivity (Wildman–Crippen MR) is 166 cm³/mol. The second-order valence-electron chi connectivity index (χ2n) is 11.6. The van der Waals surface area contributed by atoms with E-state index in [-0.39, 0.29) is 23.7 Å². The van der Waals surface area contributed by atoms with Crippen molar-refractivity contribution >= 4 is 23.1 Å². The summed E-state index contributed by atoms with van der Waals surface area (Å²) in [5, 5.41) is 6.64. The number of hydrogen-bond donors (Lipinski definition) is 2. The lowest BCUT2D eigenvalue weighted by Gasteiger charge is -2.38. The summed E-state index contributed by atoms with van der Waals surface area (Å²) in [5.41, 5.74) is 4.49. The first kappa shape index (κ1) is 29.8. The average molecular weight is 586 g/mol. The number of methoxy groups -OCH3 is 4. The van der Waals surface area contributed by atoms with E-state index < -0.39 is 6.04 Å². The molecule has 9 heteroatoms. The third-order valence-electron chi connectivity index (χ3n) is 8.00. The van der Waals surface area contributed by atoms with Gasteiger partial charge in [0.25, 0.3) is 0 Å². The van der Waals surface area contributed by atoms with Crippen LogP contribution in [0.3, 0.4) is 0 Å². The van der Waals surface area contributed by atoms with Crippen LogP contribution in [-0.4, -0.2) is 46.7 Å². The first-order chi connectivity index (χ1) is 20.7. The number of nitrogens with zero attached hydrogens (tertiary/aromatic N) is 1. The standard InChI is InChI=1S/C34H39N3O6/c1-34(2)17-25-32(27(38)18-34)33(23-15-29(42-5)30(43-6)16-28(23)41-4)37(26-10-8-7-9-24(26)36-25)20-31(39)35-19-21-11-13-22(40-3)14-12-21/h7-16,33,36H,17-20H2,1-6H3,(H,35,39). The molecule has 226 valence electrons. The van der Waals surface area contributed by atoms with E-state index in [0.717, 1.165) is 28.4 Å². The first-order valence-electron chi connectivity index (χ1n) is 14.3. The Kier molecular flexibility index (Phi) is 8.52. The van der Waals surface area contributed by atoms with Crippen molar-refractivity contribution in [2.45, 2.75) is 39.3 Å². The number of rotatable bonds is 9. The fourth-order valence-corrected chi connectivity index (χ4v) is 5.97. The lowest BCUT2D eigenvalue weighted by Crippen LogP contribution is -2.42. The van der Waals surface area contributed by atoms with Gasteiger partial charge in [-0.05, 0) is 47.7 Å². The zero-order valence-electron chi connectivity index (χ0n) is 25.6. The maximum absolute atomic E-state index is 14.1. The van der Waals surface area contributed by atoms with Crippen molar-refractivity contribution in [3.8, 4) is 23.0 Å². The molecule has 2 N–H and O–H groups in total. The van der Waals surface area contributed by atoms with Gasteiger partial charge in [-0.1, -0.05) is 38.1 Å². The molecule has 1 aliphatic carbocycles. The normalized spacial score (nSPS) is 17.2. The summed E-state index contributed by atoms with van der Waals surface area (Å²) in [6.07, 6.45) is 1.06. The number of carbonyl (C=O) groups is 2. The van der Waals surface area contributed by atoms with Gasteiger partial charge in [0.1, 0.15) is 11.5 Å². The lowest BCUT2D eigenvalue weighted by atomic mass is 9.73. The number of para-hydroxylation sites is 2. The van der Waals surface area contributed by atoms with Gasteiger partial charge in [0.2, 0.25) is 5.91 Å². The van der Waals surface area contributed by atoms with Crippen LogP contribution in [0.4, 0.5) is 11.4 Å². The van der Waals surface area contributed by atoms with Crippen LogP contribution < -0.4 is 34.5 Å². The molecule has 0 aromatic heterocycles. The van der Waals surface area contributed by atoms with Gasteiger partial charge < -0.3 is 34.5 Å². The van der Waals surface area contributed by atoms with Gasteiger partial charge in [0, 0.05) is 35.9 Å². The summed E-state index contributed by atoms with van der Waals surface area (Å²) < 4.78 is 22.4. The third kappa shape index (κ3) is 6.11. The van der Waals surface area contributed by atoms with E-state index in [4.69, 9.17) is 18.9 Å². The number of benzene rings is 3. The van der Waals surface area contributed by atoms with Crippen LogP contribution in [0, 0.1) is 5.41 Å². The zero-order chi connectivity index (χ0) is 30.7. The van der Waals surface area contributed by atoms with E-state index in [0.29, 0.717) is 47.8 Å². The van der Waals surface area contributed by atoms with E-state index in [1.807, 2.05) is 59.5 Å². The molecular weight excluding hydrogens is 546 g/mol. The number of hydrogen-bond acceptors (Lipinski definition) is 8. The second-order valence-corrected chi connectivity index (χ2v) is 11.6. The fourth-order valence-electron chi connectivity index (χ4n) is 5.97. The van der Waals surface area contributed by atoms with Gasteiger partial charge in [0.15, 0.2) is 17.3 Å². The molecule has 0 saturated carbocycles. The van der Waals surface area contributed by atoms with E-state index >= 15 is 0 Å². The van der Waals surface area contributed by atoms with Gasteiger partial charge in [-0.15, -0.1) is 0 Å². The van der Waals surface area contributed by atoms with Gasteiger partial charge in [0.05, 0.1) is 52.4 Å². The third-order valence-corrected chi connectivity index (χ3v) is 8.00. The summed E-state index contributed by atoms with van der Waals surface area (Å²) in [6, 6.07) is 18.3. The molecule has 0 fully saturated rings. The molecule has 0 bridgehead atoms. The number of ether oxygens (including phenoxy) is 4. The highest BCUT2D eigenvalue weighted by Gasteiger charge is 2.43. The predicted octanol–water partition coefficient (Wildman–Crippen LogP) is 5.65. The molecule has 1 aliphatic heterocycles. The smallest absolute Gasteiger partial charge is 0.239 e. The average Bonchev–Trinajstić information content (AvgIpc) is 3.13. The molecule has 1 atom stereocenters. The Morgan fingerprint density at radius 3 is 2.26 bits per heavy atom. The summed E-state index contributed by atoms with van der Waals surface area (Å²) in [5.74, 6) is 2.11. The number of fused-ring (bicyclic) bond motifs is 1. The molecule has 1 unspecified atom stereocenters. The van der Waals surface area contributed by atoms with Crippen molar-refractivity contribution in [2.24, 2.45) is 5.41 Å². The Bertz CT molecular complexity index is 1550. The number of anilines is 2. The monoisotopic (exact) mass is 585 g/mol. The molecule has 1 heterocycles. The van der Waals surface area contributed by atoms with Crippen molar-refractivity contribution in [3.63, 3.8) is 0 Å². The minimum absolute atomic E-state index is 0.00946. The molecule has 3 aromatic carbocycles. The lowest BCUT2D eigenvalue weighted by molar-refractivity contribution is -0.121. The number of carbonyl (C=O) groups excluding carboxylic acids is 2. The van der Waals surface area contributed by atoms with Crippen LogP contribution in [0.5, 0.6) is 23.0 Å². The summed E-state index contributed by atoms with van der Waals surface area (Å²) >= 11 is 0. The molecule has 1 amide bonds. The Hall–Kier alpha value is -4.66. The molecule has 0 spiro atoms. The van der Waals surface area contributed by atoms with Crippen molar-refractivity contribution in [3.05, 3.63) is 83.1 Å². The van der Waals surface area contributed by atoms with Crippen molar-refractivity contribution in [2.75, 3.05) is 45.2 Å². The molecule has 0 saturated heterocycles.